The Labute approximate surface area is 97.5 Å². The fraction of sp³-hybridized carbons (Fsp3) is 0.462. The van der Waals surface area contributed by atoms with E-state index in [9.17, 15) is 0 Å². The highest BCUT2D eigenvalue weighted by atomic mass is 15.1. The zero-order chi connectivity index (χ0) is 12.0. The maximum Gasteiger partial charge on any atom is 0.101 e. The van der Waals surface area contributed by atoms with Gasteiger partial charge in [0.25, 0.3) is 0 Å². The Morgan fingerprint density at radius 3 is 2.62 bits per heavy atom. The van der Waals surface area contributed by atoms with E-state index in [-0.39, 0.29) is 0 Å². The van der Waals surface area contributed by atoms with E-state index in [1.807, 2.05) is 12.1 Å². The second kappa shape index (κ2) is 6.02. The summed E-state index contributed by atoms with van der Waals surface area (Å²) in [6.07, 6.45) is 2.36. The van der Waals surface area contributed by atoms with Crippen LogP contribution >= 0.6 is 0 Å². The number of nitrogens with two attached hydrogens (primary N) is 1. The molecule has 0 unspecified atom stereocenters. The molecule has 86 valence electrons. The number of unbranched alkanes of at least 4 members (excludes halogenated alkanes) is 1. The van der Waals surface area contributed by atoms with Gasteiger partial charge in [0.15, 0.2) is 0 Å². The van der Waals surface area contributed by atoms with Crippen molar-refractivity contribution in [2.24, 2.45) is 0 Å². The summed E-state index contributed by atoms with van der Waals surface area (Å²) in [7, 11) is 0. The lowest BCUT2D eigenvalue weighted by Gasteiger charge is -2.23. The molecule has 0 saturated carbocycles. The highest BCUT2D eigenvalue weighted by Crippen LogP contribution is 2.21. The number of nitrogen functional groups attached to an aromatic ring is 1. The fourth-order valence-corrected chi connectivity index (χ4v) is 1.67. The molecule has 0 saturated heterocycles. The molecule has 1 aromatic carbocycles. The van der Waals surface area contributed by atoms with Gasteiger partial charge in [-0.3, -0.25) is 0 Å². The molecule has 0 atom stereocenters. The Kier molecular flexibility index (Phi) is 4.65. The maximum atomic E-state index is 8.80. The zero-order valence-corrected chi connectivity index (χ0v) is 10.0. The average Bonchev–Trinajstić information content (AvgIpc) is 2.30. The van der Waals surface area contributed by atoms with Crippen molar-refractivity contribution < 1.29 is 0 Å². The highest BCUT2D eigenvalue weighted by molar-refractivity contribution is 5.63. The Bertz CT molecular complexity index is 379. The number of rotatable bonds is 5. The van der Waals surface area contributed by atoms with Crippen LogP contribution in [0.4, 0.5) is 11.4 Å². The molecule has 3 heteroatoms. The normalized spacial score (nSPS) is 9.81. The minimum atomic E-state index is 0.551. The van der Waals surface area contributed by atoms with E-state index in [4.69, 9.17) is 11.0 Å². The van der Waals surface area contributed by atoms with Gasteiger partial charge in [-0.25, -0.2) is 0 Å². The third kappa shape index (κ3) is 2.90. The maximum absolute atomic E-state index is 8.80. The number of anilines is 2. The minimum absolute atomic E-state index is 0.551. The van der Waals surface area contributed by atoms with Crippen molar-refractivity contribution in [2.75, 3.05) is 23.7 Å². The first kappa shape index (κ1) is 12.4. The molecule has 0 bridgehead atoms. The summed E-state index contributed by atoms with van der Waals surface area (Å²) >= 11 is 0. The summed E-state index contributed by atoms with van der Waals surface area (Å²) in [5.41, 5.74) is 8.02. The predicted octanol–water partition coefficient (Wildman–Crippen LogP) is 2.77. The van der Waals surface area contributed by atoms with Crippen molar-refractivity contribution in [3.63, 3.8) is 0 Å². The number of hydrogen-bond acceptors (Lipinski definition) is 3. The van der Waals surface area contributed by atoms with Crippen LogP contribution in [0.2, 0.25) is 0 Å². The Morgan fingerprint density at radius 1 is 1.38 bits per heavy atom. The lowest BCUT2D eigenvalue weighted by Crippen LogP contribution is -2.23. The molecule has 0 aliphatic rings. The largest absolute Gasteiger partial charge is 0.398 e. The lowest BCUT2D eigenvalue weighted by molar-refractivity contribution is 0.732. The third-order valence-corrected chi connectivity index (χ3v) is 2.68. The van der Waals surface area contributed by atoms with Crippen LogP contribution in [-0.4, -0.2) is 13.1 Å². The molecule has 0 aliphatic carbocycles. The molecule has 0 aliphatic heterocycles. The van der Waals surface area contributed by atoms with Crippen molar-refractivity contribution >= 4 is 11.4 Å². The third-order valence-electron chi connectivity index (χ3n) is 2.68. The van der Waals surface area contributed by atoms with Crippen molar-refractivity contribution in [1.29, 1.82) is 5.26 Å². The van der Waals surface area contributed by atoms with Gasteiger partial charge in [-0.2, -0.15) is 5.26 Å². The standard InChI is InChI=1S/C13H19N3/c1-3-5-8-16(4-2)12-7-6-11(10-14)13(15)9-12/h6-7,9H,3-5,8,15H2,1-2H3. The second-order valence-corrected chi connectivity index (χ2v) is 3.82. The Morgan fingerprint density at radius 2 is 2.12 bits per heavy atom. The van der Waals surface area contributed by atoms with Crippen molar-refractivity contribution in [3.05, 3.63) is 23.8 Å². The van der Waals surface area contributed by atoms with Gasteiger partial charge in [0.05, 0.1) is 11.3 Å². The lowest BCUT2D eigenvalue weighted by atomic mass is 10.1. The summed E-state index contributed by atoms with van der Waals surface area (Å²) in [5, 5.41) is 8.80. The van der Waals surface area contributed by atoms with E-state index >= 15 is 0 Å². The van der Waals surface area contributed by atoms with Crippen LogP contribution in [-0.2, 0) is 0 Å². The first-order valence-corrected chi connectivity index (χ1v) is 5.77. The van der Waals surface area contributed by atoms with E-state index in [0.717, 1.165) is 18.8 Å². The van der Waals surface area contributed by atoms with E-state index in [0.29, 0.717) is 11.3 Å². The first-order chi connectivity index (χ1) is 7.72. The average molecular weight is 217 g/mol. The summed E-state index contributed by atoms with van der Waals surface area (Å²) in [6.45, 7) is 6.31. The van der Waals surface area contributed by atoms with Crippen LogP contribution in [0.5, 0.6) is 0 Å². The van der Waals surface area contributed by atoms with Crippen LogP contribution in [0.15, 0.2) is 18.2 Å². The topological polar surface area (TPSA) is 53.0 Å². The van der Waals surface area contributed by atoms with E-state index in [2.05, 4.69) is 24.8 Å². The molecule has 3 nitrogen and oxygen atoms in total. The molecule has 1 rings (SSSR count). The summed E-state index contributed by atoms with van der Waals surface area (Å²) in [6, 6.07) is 7.72. The van der Waals surface area contributed by atoms with E-state index in [1.54, 1.807) is 6.07 Å². The van der Waals surface area contributed by atoms with Crippen LogP contribution in [0, 0.1) is 11.3 Å². The summed E-state index contributed by atoms with van der Waals surface area (Å²) in [4.78, 5) is 2.28. The Balaban J connectivity index is 2.86. The van der Waals surface area contributed by atoms with Gasteiger partial charge in [0, 0.05) is 18.8 Å². The van der Waals surface area contributed by atoms with Crippen LogP contribution in [0.25, 0.3) is 0 Å². The predicted molar refractivity (Wildman–Crippen MR) is 68.4 cm³/mol. The molecule has 0 aromatic heterocycles. The molecule has 0 amide bonds. The molecule has 0 radical (unpaired) electrons. The number of hydrogen-bond donors (Lipinski definition) is 1. The number of nitrogens with zero attached hydrogens (tertiary/aromatic N) is 2. The van der Waals surface area contributed by atoms with Gasteiger partial charge >= 0.3 is 0 Å². The van der Waals surface area contributed by atoms with Gasteiger partial charge in [0.2, 0.25) is 0 Å². The van der Waals surface area contributed by atoms with Crippen LogP contribution in [0.3, 0.4) is 0 Å². The minimum Gasteiger partial charge on any atom is -0.398 e. The van der Waals surface area contributed by atoms with Gasteiger partial charge in [0.1, 0.15) is 6.07 Å². The fourth-order valence-electron chi connectivity index (χ4n) is 1.67. The number of nitriles is 1. The smallest absolute Gasteiger partial charge is 0.101 e. The number of benzene rings is 1. The highest BCUT2D eigenvalue weighted by Gasteiger charge is 2.06. The molecular formula is C13H19N3. The van der Waals surface area contributed by atoms with Crippen molar-refractivity contribution in [3.8, 4) is 6.07 Å². The second-order valence-electron chi connectivity index (χ2n) is 3.82. The molecule has 0 heterocycles. The van der Waals surface area contributed by atoms with Crippen LogP contribution in [0.1, 0.15) is 32.3 Å². The van der Waals surface area contributed by atoms with Gasteiger partial charge in [-0.15, -0.1) is 0 Å². The van der Waals surface area contributed by atoms with Crippen LogP contribution < -0.4 is 10.6 Å². The molecule has 2 N–H and O–H groups in total. The van der Waals surface area contributed by atoms with Gasteiger partial charge < -0.3 is 10.6 Å². The molecule has 16 heavy (non-hydrogen) atoms. The van der Waals surface area contributed by atoms with Crippen molar-refractivity contribution in [2.45, 2.75) is 26.7 Å². The Hall–Kier alpha value is -1.69. The quantitative estimate of drug-likeness (QED) is 0.771. The first-order valence-electron chi connectivity index (χ1n) is 5.77. The zero-order valence-electron chi connectivity index (χ0n) is 10.0. The SMILES string of the molecule is CCCCN(CC)c1ccc(C#N)c(N)c1. The monoisotopic (exact) mass is 217 g/mol. The summed E-state index contributed by atoms with van der Waals surface area (Å²) in [5.74, 6) is 0. The van der Waals surface area contributed by atoms with Crippen molar-refractivity contribution in [1.82, 2.24) is 0 Å². The van der Waals surface area contributed by atoms with E-state index in [1.165, 1.54) is 12.8 Å². The molecule has 0 fully saturated rings. The molecule has 0 spiro atoms. The summed E-state index contributed by atoms with van der Waals surface area (Å²) < 4.78 is 0. The van der Waals surface area contributed by atoms with Gasteiger partial charge in [-0.05, 0) is 31.5 Å². The molecule has 1 aromatic rings. The van der Waals surface area contributed by atoms with Gasteiger partial charge in [-0.1, -0.05) is 13.3 Å². The van der Waals surface area contributed by atoms with E-state index < -0.39 is 0 Å². The molecular weight excluding hydrogens is 198 g/mol.